The van der Waals surface area contributed by atoms with Crippen molar-refractivity contribution in [2.45, 2.75) is 13.5 Å². The van der Waals surface area contributed by atoms with E-state index >= 15 is 0 Å². The Balaban J connectivity index is 1.25. The molecule has 10 nitrogen and oxygen atoms in total. The molecule has 1 aliphatic heterocycles. The summed E-state index contributed by atoms with van der Waals surface area (Å²) in [5.41, 5.74) is 1.77. The summed E-state index contributed by atoms with van der Waals surface area (Å²) in [6, 6.07) is 5.81. The largest absolute Gasteiger partial charge is 0.419 e. The zero-order chi connectivity index (χ0) is 18.9. The van der Waals surface area contributed by atoms with Gasteiger partial charge < -0.3 is 9.32 Å². The van der Waals surface area contributed by atoms with Gasteiger partial charge in [-0.05, 0) is 19.1 Å². The average Bonchev–Trinajstić information content (AvgIpc) is 3.38. The van der Waals surface area contributed by atoms with Crippen molar-refractivity contribution in [2.75, 3.05) is 31.1 Å². The highest BCUT2D eigenvalue weighted by atomic mass is 16.4. The van der Waals surface area contributed by atoms with Crippen molar-refractivity contribution >= 4 is 11.6 Å². The summed E-state index contributed by atoms with van der Waals surface area (Å²) in [5, 5.41) is 12.6. The number of aryl methyl sites for hydroxylation is 1. The van der Waals surface area contributed by atoms with Crippen molar-refractivity contribution in [1.82, 2.24) is 39.7 Å². The Morgan fingerprint density at radius 3 is 2.86 bits per heavy atom. The van der Waals surface area contributed by atoms with Crippen LogP contribution in [0.25, 0.3) is 17.2 Å². The van der Waals surface area contributed by atoms with Gasteiger partial charge in [-0.1, -0.05) is 0 Å². The molecule has 10 heteroatoms. The van der Waals surface area contributed by atoms with E-state index in [0.29, 0.717) is 24.1 Å². The topological polar surface area (TPSA) is 101 Å². The first kappa shape index (κ1) is 16.8. The third-order valence-electron chi connectivity index (χ3n) is 4.79. The normalized spacial score (nSPS) is 15.4. The molecule has 1 fully saturated rings. The molecule has 1 aliphatic rings. The van der Waals surface area contributed by atoms with E-state index in [9.17, 15) is 0 Å². The smallest absolute Gasteiger partial charge is 0.254 e. The Kier molecular flexibility index (Phi) is 4.17. The van der Waals surface area contributed by atoms with Crippen LogP contribution in [0.4, 0.5) is 5.82 Å². The number of hydrogen-bond donors (Lipinski definition) is 0. The first-order valence-electron chi connectivity index (χ1n) is 9.14. The lowest BCUT2D eigenvalue weighted by Crippen LogP contribution is -2.46. The predicted molar refractivity (Wildman–Crippen MR) is 101 cm³/mol. The van der Waals surface area contributed by atoms with E-state index < -0.39 is 0 Å². The van der Waals surface area contributed by atoms with Crippen LogP contribution in [0.15, 0.2) is 41.3 Å². The molecule has 0 aromatic carbocycles. The van der Waals surface area contributed by atoms with Gasteiger partial charge >= 0.3 is 0 Å². The van der Waals surface area contributed by atoms with Gasteiger partial charge in [0.1, 0.15) is 12.1 Å². The summed E-state index contributed by atoms with van der Waals surface area (Å²) in [5.74, 6) is 2.77. The fourth-order valence-electron chi connectivity index (χ4n) is 3.39. The maximum atomic E-state index is 5.80. The van der Waals surface area contributed by atoms with Crippen molar-refractivity contribution in [3.05, 3.63) is 48.5 Å². The molecule has 0 N–H and O–H groups in total. The number of anilines is 1. The minimum absolute atomic E-state index is 0.502. The van der Waals surface area contributed by atoms with Gasteiger partial charge in [-0.15, -0.1) is 10.2 Å². The molecule has 0 unspecified atom stereocenters. The first-order chi connectivity index (χ1) is 13.8. The maximum Gasteiger partial charge on any atom is 0.254 e. The second-order valence-corrected chi connectivity index (χ2v) is 6.73. The van der Waals surface area contributed by atoms with Gasteiger partial charge in [-0.3, -0.25) is 9.88 Å². The summed E-state index contributed by atoms with van der Waals surface area (Å²) in [4.78, 5) is 17.3. The fraction of sp³-hybridized carbons (Fsp3) is 0.333. The molecule has 0 spiro atoms. The molecule has 0 saturated carbocycles. The minimum atomic E-state index is 0.502. The van der Waals surface area contributed by atoms with Crippen molar-refractivity contribution in [2.24, 2.45) is 0 Å². The number of rotatable bonds is 4. The molecule has 0 amide bonds. The number of piperazine rings is 1. The Hall–Kier alpha value is -3.40. The number of fused-ring (bicyclic) bond motifs is 1. The van der Waals surface area contributed by atoms with E-state index in [1.165, 1.54) is 6.33 Å². The van der Waals surface area contributed by atoms with Crippen molar-refractivity contribution in [3.63, 3.8) is 0 Å². The Morgan fingerprint density at radius 2 is 2.04 bits per heavy atom. The lowest BCUT2D eigenvalue weighted by molar-refractivity contribution is 0.226. The van der Waals surface area contributed by atoms with Gasteiger partial charge in [0.2, 0.25) is 11.8 Å². The second kappa shape index (κ2) is 6.97. The number of nitrogens with zero attached hydrogens (tertiary/aromatic N) is 9. The third-order valence-corrected chi connectivity index (χ3v) is 4.79. The van der Waals surface area contributed by atoms with Crippen LogP contribution in [0.1, 0.15) is 11.6 Å². The number of hydrogen-bond acceptors (Lipinski definition) is 9. The molecule has 5 rings (SSSR count). The zero-order valence-corrected chi connectivity index (χ0v) is 15.4. The molecule has 142 valence electrons. The van der Waals surface area contributed by atoms with Crippen molar-refractivity contribution in [1.29, 1.82) is 0 Å². The highest BCUT2D eigenvalue weighted by molar-refractivity contribution is 5.50. The number of pyridine rings is 1. The number of aromatic nitrogens is 7. The van der Waals surface area contributed by atoms with Gasteiger partial charge in [0.15, 0.2) is 0 Å². The van der Waals surface area contributed by atoms with E-state index in [2.05, 4.69) is 46.1 Å². The maximum absolute atomic E-state index is 5.80. The van der Waals surface area contributed by atoms with Crippen LogP contribution in [0.3, 0.4) is 0 Å². The summed E-state index contributed by atoms with van der Waals surface area (Å²) in [7, 11) is 0. The summed E-state index contributed by atoms with van der Waals surface area (Å²) >= 11 is 0. The molecule has 0 radical (unpaired) electrons. The SMILES string of the molecule is Cc1cc(N2CCN(Cc3nnc(-c4cccnc4)o3)CC2)n2ncnc2n1. The van der Waals surface area contributed by atoms with Crippen LogP contribution in [-0.4, -0.2) is 65.8 Å². The predicted octanol–water partition coefficient (Wildman–Crippen LogP) is 1.20. The zero-order valence-electron chi connectivity index (χ0n) is 15.4. The van der Waals surface area contributed by atoms with Crippen LogP contribution in [0, 0.1) is 6.92 Å². The quantitative estimate of drug-likeness (QED) is 0.519. The van der Waals surface area contributed by atoms with E-state index in [4.69, 9.17) is 4.42 Å². The minimum Gasteiger partial charge on any atom is -0.419 e. The highest BCUT2D eigenvalue weighted by Crippen LogP contribution is 2.20. The molecule has 0 aliphatic carbocycles. The van der Waals surface area contributed by atoms with Gasteiger partial charge in [0.25, 0.3) is 5.78 Å². The lowest BCUT2D eigenvalue weighted by Gasteiger charge is -2.35. The van der Waals surface area contributed by atoms with Gasteiger partial charge in [0, 0.05) is 50.3 Å². The summed E-state index contributed by atoms with van der Waals surface area (Å²) in [6.07, 6.45) is 4.98. The second-order valence-electron chi connectivity index (χ2n) is 6.73. The van der Waals surface area contributed by atoms with Gasteiger partial charge in [0.05, 0.1) is 12.1 Å². The molecule has 4 aromatic rings. The Labute approximate surface area is 160 Å². The fourth-order valence-corrected chi connectivity index (χ4v) is 3.39. The van der Waals surface area contributed by atoms with E-state index in [-0.39, 0.29) is 0 Å². The Morgan fingerprint density at radius 1 is 1.14 bits per heavy atom. The van der Waals surface area contributed by atoms with Crippen molar-refractivity contribution in [3.8, 4) is 11.5 Å². The molecule has 5 heterocycles. The molecular formula is C18H19N9O. The van der Waals surface area contributed by atoms with Gasteiger partial charge in [-0.25, -0.2) is 4.98 Å². The third kappa shape index (κ3) is 3.18. The van der Waals surface area contributed by atoms with Gasteiger partial charge in [-0.2, -0.15) is 14.6 Å². The van der Waals surface area contributed by atoms with Crippen LogP contribution < -0.4 is 4.90 Å². The Bertz CT molecular complexity index is 1080. The van der Waals surface area contributed by atoms with Crippen molar-refractivity contribution < 1.29 is 4.42 Å². The van der Waals surface area contributed by atoms with E-state index in [1.807, 2.05) is 19.1 Å². The monoisotopic (exact) mass is 377 g/mol. The molecular weight excluding hydrogens is 358 g/mol. The summed E-state index contributed by atoms with van der Waals surface area (Å²) in [6.45, 7) is 6.15. The average molecular weight is 377 g/mol. The lowest BCUT2D eigenvalue weighted by atomic mass is 10.3. The molecule has 28 heavy (non-hydrogen) atoms. The first-order valence-corrected chi connectivity index (χ1v) is 9.14. The standard InChI is InChI=1S/C18H19N9O/c1-13-9-16(27-18(22-13)20-12-21-27)26-7-5-25(6-8-26)11-15-23-24-17(28-15)14-3-2-4-19-10-14/h2-4,9-10,12H,5-8,11H2,1H3. The highest BCUT2D eigenvalue weighted by Gasteiger charge is 2.22. The van der Waals surface area contributed by atoms with Crippen LogP contribution in [0.2, 0.25) is 0 Å². The van der Waals surface area contributed by atoms with Crippen LogP contribution >= 0.6 is 0 Å². The van der Waals surface area contributed by atoms with Crippen LogP contribution in [-0.2, 0) is 6.54 Å². The molecule has 1 saturated heterocycles. The molecule has 4 aromatic heterocycles. The van der Waals surface area contributed by atoms with E-state index in [0.717, 1.165) is 43.3 Å². The molecule has 0 bridgehead atoms. The molecule has 0 atom stereocenters. The van der Waals surface area contributed by atoms with E-state index in [1.54, 1.807) is 16.9 Å². The van der Waals surface area contributed by atoms with Crippen LogP contribution in [0.5, 0.6) is 0 Å². The summed E-state index contributed by atoms with van der Waals surface area (Å²) < 4.78 is 7.59.